The van der Waals surface area contributed by atoms with E-state index in [0.29, 0.717) is 35.6 Å². The van der Waals surface area contributed by atoms with Crippen LogP contribution >= 0.6 is 22.7 Å². The van der Waals surface area contributed by atoms with Crippen LogP contribution in [0.25, 0.3) is 10.6 Å². The Labute approximate surface area is 189 Å². The third-order valence-corrected chi connectivity index (χ3v) is 8.65. The van der Waals surface area contributed by atoms with Crippen LogP contribution in [0.1, 0.15) is 46.7 Å². The molecule has 2 aromatic rings. The molecule has 0 atom stereocenters. The van der Waals surface area contributed by atoms with Crippen LogP contribution in [-0.2, 0) is 40.0 Å². The third kappa shape index (κ3) is 3.72. The van der Waals surface area contributed by atoms with Crippen molar-refractivity contribution < 1.29 is 32.6 Å². The van der Waals surface area contributed by atoms with Crippen LogP contribution in [0, 0.1) is 11.8 Å². The first kappa shape index (κ1) is 21.8. The second-order valence-electron chi connectivity index (χ2n) is 8.42. The highest BCUT2D eigenvalue weighted by atomic mass is 32.1. The van der Waals surface area contributed by atoms with Gasteiger partial charge in [0.25, 0.3) is 0 Å². The van der Waals surface area contributed by atoms with E-state index < -0.39 is 17.8 Å². The maximum atomic E-state index is 13.4. The summed E-state index contributed by atoms with van der Waals surface area (Å²) in [4.78, 5) is 30.7. The fraction of sp³-hybridized carbons (Fsp3) is 0.500. The lowest BCUT2D eigenvalue weighted by atomic mass is 9.65. The van der Waals surface area contributed by atoms with Crippen LogP contribution in [0.4, 0.5) is 13.2 Å². The van der Waals surface area contributed by atoms with Crippen molar-refractivity contribution in [1.82, 2.24) is 4.98 Å². The van der Waals surface area contributed by atoms with Crippen LogP contribution < -0.4 is 0 Å². The zero-order valence-electron chi connectivity index (χ0n) is 17.0. The molecule has 0 saturated heterocycles. The van der Waals surface area contributed by atoms with Gasteiger partial charge in [-0.1, -0.05) is 0 Å². The summed E-state index contributed by atoms with van der Waals surface area (Å²) in [5.74, 6) is -1.40. The number of rotatable bonds is 5. The van der Waals surface area contributed by atoms with Crippen LogP contribution in [0.5, 0.6) is 0 Å². The van der Waals surface area contributed by atoms with Crippen LogP contribution in [-0.4, -0.2) is 28.4 Å². The number of carbonyl (C=O) groups excluding carboxylic acids is 1. The molecular formula is C22H20F3NO4S2. The molecule has 0 unspecified atom stereocenters. The molecule has 170 valence electrons. The summed E-state index contributed by atoms with van der Waals surface area (Å²) >= 11 is 2.28. The molecule has 10 heteroatoms. The minimum Gasteiger partial charge on any atom is -0.478 e. The summed E-state index contributed by atoms with van der Waals surface area (Å²) in [6, 6.07) is 0. The standard InChI is InChI=1S/C22H20F3NO4S2/c23-22(24,25)16-9-31-20(26-16)19-12-5-6-30-8-15(12)32-14(19)7-13(27)17-10-1-3-11(4-2-10)18(17)21(28)29/h9-11H,1-8H2,(H,28,29). The molecule has 3 aliphatic carbocycles. The van der Waals surface area contributed by atoms with Crippen molar-refractivity contribution in [3.05, 3.63) is 37.5 Å². The maximum absolute atomic E-state index is 13.4. The summed E-state index contributed by atoms with van der Waals surface area (Å²) in [6.07, 6.45) is -0.812. The molecular weight excluding hydrogens is 463 g/mol. The van der Waals surface area contributed by atoms with Crippen molar-refractivity contribution in [2.75, 3.05) is 6.61 Å². The average Bonchev–Trinajstić information content (AvgIpc) is 3.38. The summed E-state index contributed by atoms with van der Waals surface area (Å²) in [6.45, 7) is 0.812. The largest absolute Gasteiger partial charge is 0.478 e. The number of aliphatic carboxylic acids is 1. The van der Waals surface area contributed by atoms with Crippen molar-refractivity contribution >= 4 is 34.4 Å². The number of nitrogens with zero attached hydrogens (tertiary/aromatic N) is 1. The lowest BCUT2D eigenvalue weighted by Crippen LogP contribution is -2.34. The van der Waals surface area contributed by atoms with E-state index in [-0.39, 0.29) is 34.6 Å². The quantitative estimate of drug-likeness (QED) is 0.627. The maximum Gasteiger partial charge on any atom is 0.434 e. The number of ketones is 1. The Morgan fingerprint density at radius 3 is 2.47 bits per heavy atom. The number of allylic oxidation sites excluding steroid dienone is 1. The SMILES string of the molecule is O=C(O)C1=C(C(=O)Cc2sc3c(c2-c2nc(C(F)(F)F)cs2)CCOC3)C2CCC1CC2. The summed E-state index contributed by atoms with van der Waals surface area (Å²) in [5.41, 5.74) is 1.22. The van der Waals surface area contributed by atoms with Gasteiger partial charge in [-0.25, -0.2) is 9.78 Å². The van der Waals surface area contributed by atoms with E-state index in [9.17, 15) is 27.9 Å². The number of fused-ring (bicyclic) bond motifs is 3. The molecule has 5 nitrogen and oxygen atoms in total. The third-order valence-electron chi connectivity index (χ3n) is 6.59. The molecule has 0 amide bonds. The van der Waals surface area contributed by atoms with Crippen molar-refractivity contribution in [1.29, 1.82) is 0 Å². The molecule has 1 fully saturated rings. The van der Waals surface area contributed by atoms with Gasteiger partial charge in [-0.3, -0.25) is 4.79 Å². The Balaban J connectivity index is 1.55. The van der Waals surface area contributed by atoms with E-state index in [1.807, 2.05) is 0 Å². The Bertz CT molecular complexity index is 1120. The normalized spacial score (nSPS) is 22.8. The minimum absolute atomic E-state index is 0.0245. The van der Waals surface area contributed by atoms with Crippen molar-refractivity contribution in [3.8, 4) is 10.6 Å². The van der Waals surface area contributed by atoms with Crippen molar-refractivity contribution in [2.45, 2.75) is 51.3 Å². The van der Waals surface area contributed by atoms with Gasteiger partial charge in [0.2, 0.25) is 0 Å². The Hall–Kier alpha value is -2.04. The summed E-state index contributed by atoms with van der Waals surface area (Å²) in [5, 5.41) is 11.0. The topological polar surface area (TPSA) is 76.5 Å². The highest BCUT2D eigenvalue weighted by Gasteiger charge is 2.41. The highest BCUT2D eigenvalue weighted by Crippen LogP contribution is 2.47. The molecule has 1 N–H and O–H groups in total. The number of hydrogen-bond acceptors (Lipinski definition) is 6. The number of aromatic nitrogens is 1. The predicted molar refractivity (Wildman–Crippen MR) is 113 cm³/mol. The van der Waals surface area contributed by atoms with E-state index in [1.165, 1.54) is 11.3 Å². The van der Waals surface area contributed by atoms with Crippen LogP contribution in [0.3, 0.4) is 0 Å². The molecule has 3 heterocycles. The first-order chi connectivity index (χ1) is 15.2. The number of Topliss-reactive ketones (excluding diaryl/α,β-unsaturated/α-hetero) is 1. The molecule has 0 aromatic carbocycles. The van der Waals surface area contributed by atoms with Gasteiger partial charge in [0.15, 0.2) is 11.5 Å². The Morgan fingerprint density at radius 1 is 1.16 bits per heavy atom. The number of hydrogen-bond donors (Lipinski definition) is 1. The van der Waals surface area contributed by atoms with Gasteiger partial charge in [-0.05, 0) is 49.5 Å². The number of thiazole rings is 1. The number of carboxylic acid groups (broad SMARTS) is 1. The van der Waals surface area contributed by atoms with E-state index in [0.717, 1.165) is 52.8 Å². The van der Waals surface area contributed by atoms with Crippen LogP contribution in [0.15, 0.2) is 16.5 Å². The Kier molecular flexibility index (Phi) is 5.50. The lowest BCUT2D eigenvalue weighted by Gasteiger charge is -2.38. The molecule has 2 bridgehead atoms. The van der Waals surface area contributed by atoms with Crippen molar-refractivity contribution in [2.24, 2.45) is 11.8 Å². The van der Waals surface area contributed by atoms with Gasteiger partial charge < -0.3 is 9.84 Å². The number of thiophene rings is 1. The first-order valence-corrected chi connectivity index (χ1v) is 12.2. The molecule has 6 rings (SSSR count). The molecule has 4 aliphatic rings. The van der Waals surface area contributed by atoms with Crippen LogP contribution in [0.2, 0.25) is 0 Å². The second kappa shape index (κ2) is 8.07. The van der Waals surface area contributed by atoms with Gasteiger partial charge in [0, 0.05) is 38.3 Å². The van der Waals surface area contributed by atoms with Crippen molar-refractivity contribution in [3.63, 3.8) is 0 Å². The zero-order chi connectivity index (χ0) is 22.6. The Morgan fingerprint density at radius 2 is 1.84 bits per heavy atom. The van der Waals surface area contributed by atoms with Gasteiger partial charge >= 0.3 is 12.1 Å². The lowest BCUT2D eigenvalue weighted by molar-refractivity contribution is -0.140. The van der Waals surface area contributed by atoms with Gasteiger partial charge in [0.1, 0.15) is 5.01 Å². The molecule has 1 saturated carbocycles. The van der Waals surface area contributed by atoms with E-state index >= 15 is 0 Å². The molecule has 0 spiro atoms. The number of ether oxygens (including phenoxy) is 1. The fourth-order valence-electron chi connectivity index (χ4n) is 5.20. The number of halogens is 3. The summed E-state index contributed by atoms with van der Waals surface area (Å²) in [7, 11) is 0. The van der Waals surface area contributed by atoms with E-state index in [1.54, 1.807) is 0 Å². The van der Waals surface area contributed by atoms with E-state index in [2.05, 4.69) is 4.98 Å². The fourth-order valence-corrected chi connectivity index (χ4v) is 7.48. The first-order valence-electron chi connectivity index (χ1n) is 10.5. The number of alkyl halides is 3. The summed E-state index contributed by atoms with van der Waals surface area (Å²) < 4.78 is 45.0. The number of carboxylic acids is 1. The molecule has 0 radical (unpaired) electrons. The second-order valence-corrected chi connectivity index (χ2v) is 10.5. The minimum atomic E-state index is -4.54. The van der Waals surface area contributed by atoms with E-state index in [4.69, 9.17) is 4.74 Å². The smallest absolute Gasteiger partial charge is 0.434 e. The van der Waals surface area contributed by atoms with Gasteiger partial charge in [0.05, 0.1) is 13.2 Å². The molecule has 32 heavy (non-hydrogen) atoms. The van der Waals surface area contributed by atoms with Gasteiger partial charge in [-0.2, -0.15) is 13.2 Å². The predicted octanol–water partition coefficient (Wildman–Crippen LogP) is 5.28. The molecule has 1 aliphatic heterocycles. The highest BCUT2D eigenvalue weighted by molar-refractivity contribution is 7.15. The molecule has 2 aromatic heterocycles. The number of carbonyl (C=O) groups is 2. The van der Waals surface area contributed by atoms with Gasteiger partial charge in [-0.15, -0.1) is 22.7 Å². The average molecular weight is 484 g/mol. The zero-order valence-corrected chi connectivity index (χ0v) is 18.6. The monoisotopic (exact) mass is 483 g/mol.